The standard InChI is InChI=1S/C16H18N6O/c1-3-21-15(10-17-20-21)16(23)19-14-9-18-22(11-14)12(2)13-7-5-4-6-8-13/h4-12H,3H2,1-2H3,(H,19,23)/t12-/m0/s1. The van der Waals surface area contributed by atoms with Gasteiger partial charge in [0.25, 0.3) is 5.91 Å². The Labute approximate surface area is 133 Å². The van der Waals surface area contributed by atoms with Gasteiger partial charge < -0.3 is 5.32 Å². The van der Waals surface area contributed by atoms with Crippen LogP contribution >= 0.6 is 0 Å². The second-order valence-electron chi connectivity index (χ2n) is 5.18. The zero-order valence-corrected chi connectivity index (χ0v) is 13.0. The number of nitrogens with one attached hydrogen (secondary N) is 1. The van der Waals surface area contributed by atoms with Crippen LogP contribution in [-0.4, -0.2) is 30.7 Å². The van der Waals surface area contributed by atoms with Crippen LogP contribution in [0.5, 0.6) is 0 Å². The third kappa shape index (κ3) is 3.13. The lowest BCUT2D eigenvalue weighted by molar-refractivity contribution is 0.101. The molecule has 0 bridgehead atoms. The number of aryl methyl sites for hydroxylation is 1. The molecule has 0 spiro atoms. The van der Waals surface area contributed by atoms with Crippen LogP contribution in [0.4, 0.5) is 5.69 Å². The largest absolute Gasteiger partial charge is 0.318 e. The molecule has 3 rings (SSSR count). The number of nitrogens with zero attached hydrogens (tertiary/aromatic N) is 5. The van der Waals surface area contributed by atoms with Crippen LogP contribution in [0.15, 0.2) is 48.9 Å². The average molecular weight is 310 g/mol. The molecule has 7 nitrogen and oxygen atoms in total. The summed E-state index contributed by atoms with van der Waals surface area (Å²) in [5.74, 6) is -0.247. The SMILES string of the molecule is CCn1nncc1C(=O)Nc1cnn([C@@H](C)c2ccccc2)c1. The quantitative estimate of drug-likeness (QED) is 0.784. The molecule has 0 radical (unpaired) electrons. The molecule has 2 aromatic heterocycles. The Morgan fingerprint density at radius 3 is 2.78 bits per heavy atom. The van der Waals surface area contributed by atoms with Gasteiger partial charge in [-0.1, -0.05) is 35.5 Å². The summed E-state index contributed by atoms with van der Waals surface area (Å²) in [6.45, 7) is 4.56. The van der Waals surface area contributed by atoms with Gasteiger partial charge in [-0.25, -0.2) is 4.68 Å². The van der Waals surface area contributed by atoms with Gasteiger partial charge >= 0.3 is 0 Å². The minimum absolute atomic E-state index is 0.0877. The van der Waals surface area contributed by atoms with Crippen molar-refractivity contribution in [1.29, 1.82) is 0 Å². The van der Waals surface area contributed by atoms with Gasteiger partial charge in [-0.3, -0.25) is 9.48 Å². The predicted octanol–water partition coefficient (Wildman–Crippen LogP) is 2.36. The summed E-state index contributed by atoms with van der Waals surface area (Å²) in [6, 6.07) is 10.2. The van der Waals surface area contributed by atoms with Gasteiger partial charge in [0, 0.05) is 12.7 Å². The second kappa shape index (κ2) is 6.43. The van der Waals surface area contributed by atoms with Crippen LogP contribution in [0.25, 0.3) is 0 Å². The molecule has 2 heterocycles. The summed E-state index contributed by atoms with van der Waals surface area (Å²) in [6.07, 6.45) is 4.91. The predicted molar refractivity (Wildman–Crippen MR) is 86.1 cm³/mol. The summed E-state index contributed by atoms with van der Waals surface area (Å²) in [5.41, 5.74) is 2.22. The van der Waals surface area contributed by atoms with E-state index in [1.165, 1.54) is 6.20 Å². The third-order valence-electron chi connectivity index (χ3n) is 3.69. The smallest absolute Gasteiger partial charge is 0.275 e. The zero-order valence-electron chi connectivity index (χ0n) is 13.0. The molecule has 23 heavy (non-hydrogen) atoms. The van der Waals surface area contributed by atoms with Gasteiger partial charge in [0.15, 0.2) is 0 Å². The Kier molecular flexibility index (Phi) is 4.18. The fourth-order valence-corrected chi connectivity index (χ4v) is 2.36. The van der Waals surface area contributed by atoms with Crippen LogP contribution in [0.3, 0.4) is 0 Å². The van der Waals surface area contributed by atoms with Gasteiger partial charge in [0.05, 0.1) is 24.1 Å². The van der Waals surface area contributed by atoms with Crippen molar-refractivity contribution in [2.75, 3.05) is 5.32 Å². The molecular weight excluding hydrogens is 292 g/mol. The van der Waals surface area contributed by atoms with E-state index in [1.807, 2.05) is 36.0 Å². The highest BCUT2D eigenvalue weighted by Gasteiger charge is 2.14. The van der Waals surface area contributed by atoms with Crippen LogP contribution in [0.1, 0.15) is 35.9 Å². The van der Waals surface area contributed by atoms with Gasteiger partial charge in [0.2, 0.25) is 0 Å². The van der Waals surface area contributed by atoms with E-state index in [1.54, 1.807) is 10.9 Å². The number of anilines is 1. The van der Waals surface area contributed by atoms with E-state index in [0.717, 1.165) is 5.56 Å². The first kappa shape index (κ1) is 15.0. The lowest BCUT2D eigenvalue weighted by atomic mass is 10.1. The molecule has 0 aliphatic carbocycles. The van der Waals surface area contributed by atoms with E-state index in [4.69, 9.17) is 0 Å². The maximum Gasteiger partial charge on any atom is 0.275 e. The number of hydrogen-bond donors (Lipinski definition) is 1. The maximum absolute atomic E-state index is 12.3. The highest BCUT2D eigenvalue weighted by Crippen LogP contribution is 2.18. The molecule has 0 saturated heterocycles. The summed E-state index contributed by atoms with van der Waals surface area (Å²) in [5, 5.41) is 14.8. The summed E-state index contributed by atoms with van der Waals surface area (Å²) < 4.78 is 3.37. The molecule has 0 aliphatic heterocycles. The molecule has 0 fully saturated rings. The van der Waals surface area contributed by atoms with Crippen molar-refractivity contribution in [1.82, 2.24) is 24.8 Å². The molecule has 1 amide bonds. The molecule has 1 atom stereocenters. The third-order valence-corrected chi connectivity index (χ3v) is 3.69. The molecule has 0 unspecified atom stereocenters. The molecule has 3 aromatic rings. The summed E-state index contributed by atoms with van der Waals surface area (Å²) in [4.78, 5) is 12.3. The fourth-order valence-electron chi connectivity index (χ4n) is 2.36. The van der Waals surface area contributed by atoms with Crippen molar-refractivity contribution < 1.29 is 4.79 Å². The van der Waals surface area contributed by atoms with E-state index >= 15 is 0 Å². The lowest BCUT2D eigenvalue weighted by Crippen LogP contribution is -2.17. The van der Waals surface area contributed by atoms with Crippen molar-refractivity contribution in [2.45, 2.75) is 26.4 Å². The molecule has 1 aromatic carbocycles. The highest BCUT2D eigenvalue weighted by molar-refractivity contribution is 6.02. The van der Waals surface area contributed by atoms with Gasteiger partial charge in [-0.2, -0.15) is 5.10 Å². The Morgan fingerprint density at radius 1 is 1.26 bits per heavy atom. The van der Waals surface area contributed by atoms with E-state index < -0.39 is 0 Å². The van der Waals surface area contributed by atoms with Crippen molar-refractivity contribution in [3.63, 3.8) is 0 Å². The van der Waals surface area contributed by atoms with Crippen LogP contribution < -0.4 is 5.32 Å². The van der Waals surface area contributed by atoms with Crippen molar-refractivity contribution in [3.8, 4) is 0 Å². The van der Waals surface area contributed by atoms with Crippen molar-refractivity contribution in [3.05, 3.63) is 60.2 Å². The molecular formula is C16H18N6O. The number of carbonyl (C=O) groups is 1. The second-order valence-corrected chi connectivity index (χ2v) is 5.18. The molecule has 118 valence electrons. The molecule has 1 N–H and O–H groups in total. The van der Waals surface area contributed by atoms with Gasteiger partial charge in [-0.15, -0.1) is 5.10 Å². The zero-order chi connectivity index (χ0) is 16.2. The number of hydrogen-bond acceptors (Lipinski definition) is 4. The van der Waals surface area contributed by atoms with E-state index in [9.17, 15) is 4.79 Å². The van der Waals surface area contributed by atoms with Gasteiger partial charge in [0.1, 0.15) is 5.69 Å². The Bertz CT molecular complexity index is 792. The molecule has 0 saturated carbocycles. The van der Waals surface area contributed by atoms with Crippen LogP contribution in [0, 0.1) is 0 Å². The monoisotopic (exact) mass is 310 g/mol. The normalized spacial score (nSPS) is 12.1. The Hall–Kier alpha value is -2.96. The fraction of sp³-hybridized carbons (Fsp3) is 0.250. The Balaban J connectivity index is 1.74. The number of amides is 1. The number of rotatable bonds is 5. The van der Waals surface area contributed by atoms with Crippen LogP contribution in [-0.2, 0) is 6.54 Å². The van der Waals surface area contributed by atoms with Crippen LogP contribution in [0.2, 0.25) is 0 Å². The minimum atomic E-state index is -0.247. The first-order valence-corrected chi connectivity index (χ1v) is 7.48. The van der Waals surface area contributed by atoms with Crippen molar-refractivity contribution in [2.24, 2.45) is 0 Å². The maximum atomic E-state index is 12.3. The van der Waals surface area contributed by atoms with E-state index in [-0.39, 0.29) is 11.9 Å². The van der Waals surface area contributed by atoms with Gasteiger partial charge in [-0.05, 0) is 19.4 Å². The Morgan fingerprint density at radius 2 is 2.04 bits per heavy atom. The van der Waals surface area contributed by atoms with Crippen molar-refractivity contribution >= 4 is 11.6 Å². The first-order valence-electron chi connectivity index (χ1n) is 7.48. The molecule has 7 heteroatoms. The summed E-state index contributed by atoms with van der Waals surface area (Å²) in [7, 11) is 0. The lowest BCUT2D eigenvalue weighted by Gasteiger charge is -2.12. The van der Waals surface area contributed by atoms with E-state index in [2.05, 4.69) is 39.8 Å². The highest BCUT2D eigenvalue weighted by atomic mass is 16.2. The van der Waals surface area contributed by atoms with E-state index in [0.29, 0.717) is 17.9 Å². The first-order chi connectivity index (χ1) is 11.2. The average Bonchev–Trinajstić information content (AvgIpc) is 3.23. The number of benzene rings is 1. The summed E-state index contributed by atoms with van der Waals surface area (Å²) >= 11 is 0. The number of carbonyl (C=O) groups excluding carboxylic acids is 1. The number of aromatic nitrogens is 5. The minimum Gasteiger partial charge on any atom is -0.318 e. The molecule has 0 aliphatic rings. The topological polar surface area (TPSA) is 77.6 Å².